The number of carbonyl (C=O) groups is 1. The minimum atomic E-state index is -0.803. The SMILES string of the molecule is CC(C)C1OCCCC1Nc1ccnc(NC(C)(C)CCC(=O)O)n1. The van der Waals surface area contributed by atoms with E-state index in [0.717, 1.165) is 25.3 Å². The maximum Gasteiger partial charge on any atom is 0.303 e. The molecule has 1 aliphatic rings. The minimum absolute atomic E-state index is 0.105. The smallest absolute Gasteiger partial charge is 0.303 e. The fraction of sp³-hybridized carbons (Fsp3) is 0.722. The molecule has 1 saturated heterocycles. The van der Waals surface area contributed by atoms with Gasteiger partial charge in [-0.2, -0.15) is 4.98 Å². The predicted molar refractivity (Wildman–Crippen MR) is 97.8 cm³/mol. The van der Waals surface area contributed by atoms with E-state index in [1.807, 2.05) is 19.9 Å². The summed E-state index contributed by atoms with van der Waals surface area (Å²) < 4.78 is 5.91. The van der Waals surface area contributed by atoms with Crippen molar-refractivity contribution in [3.8, 4) is 0 Å². The van der Waals surface area contributed by atoms with E-state index < -0.39 is 11.5 Å². The van der Waals surface area contributed by atoms with Crippen molar-refractivity contribution in [2.45, 2.75) is 71.1 Å². The van der Waals surface area contributed by atoms with E-state index in [4.69, 9.17) is 9.84 Å². The van der Waals surface area contributed by atoms with E-state index in [2.05, 4.69) is 34.4 Å². The summed E-state index contributed by atoms with van der Waals surface area (Å²) in [6.07, 6.45) is 4.58. The van der Waals surface area contributed by atoms with Crippen molar-refractivity contribution in [1.29, 1.82) is 0 Å². The first-order valence-corrected chi connectivity index (χ1v) is 8.98. The highest BCUT2D eigenvalue weighted by molar-refractivity contribution is 5.66. The van der Waals surface area contributed by atoms with Crippen molar-refractivity contribution >= 4 is 17.7 Å². The Labute approximate surface area is 149 Å². The molecular weight excluding hydrogens is 320 g/mol. The van der Waals surface area contributed by atoms with E-state index in [9.17, 15) is 4.79 Å². The van der Waals surface area contributed by atoms with E-state index in [1.165, 1.54) is 0 Å². The summed E-state index contributed by atoms with van der Waals surface area (Å²) in [6, 6.07) is 2.08. The molecule has 0 spiro atoms. The third kappa shape index (κ3) is 6.16. The van der Waals surface area contributed by atoms with Gasteiger partial charge in [0.25, 0.3) is 0 Å². The molecule has 0 radical (unpaired) electrons. The fourth-order valence-corrected chi connectivity index (χ4v) is 3.09. The summed E-state index contributed by atoms with van der Waals surface area (Å²) in [7, 11) is 0. The number of hydrogen-bond donors (Lipinski definition) is 3. The summed E-state index contributed by atoms with van der Waals surface area (Å²) in [5.41, 5.74) is -0.397. The zero-order valence-electron chi connectivity index (χ0n) is 15.6. The van der Waals surface area contributed by atoms with Crippen LogP contribution in [0.5, 0.6) is 0 Å². The normalized spacial score (nSPS) is 21.2. The maximum absolute atomic E-state index is 10.8. The molecule has 7 heteroatoms. The molecule has 0 amide bonds. The predicted octanol–water partition coefficient (Wildman–Crippen LogP) is 3.15. The number of carboxylic acids is 1. The van der Waals surface area contributed by atoms with Crippen LogP contribution in [0.1, 0.15) is 53.4 Å². The molecule has 25 heavy (non-hydrogen) atoms. The van der Waals surface area contributed by atoms with E-state index in [1.54, 1.807) is 6.20 Å². The van der Waals surface area contributed by atoms with Crippen LogP contribution in [0.15, 0.2) is 12.3 Å². The standard InChI is InChI=1S/C18H30N4O3/c1-12(2)16-13(6-5-11-25-16)20-14-8-10-19-17(21-14)22-18(3,4)9-7-15(23)24/h8,10,12-13,16H,5-7,9,11H2,1-4H3,(H,23,24)(H2,19,20,21,22). The zero-order valence-corrected chi connectivity index (χ0v) is 15.6. The average molecular weight is 350 g/mol. The second-order valence-corrected chi connectivity index (χ2v) is 7.64. The first-order chi connectivity index (χ1) is 11.8. The Bertz CT molecular complexity index is 577. The van der Waals surface area contributed by atoms with Crippen molar-refractivity contribution in [3.63, 3.8) is 0 Å². The van der Waals surface area contributed by atoms with Crippen molar-refractivity contribution in [2.24, 2.45) is 5.92 Å². The van der Waals surface area contributed by atoms with Crippen molar-refractivity contribution in [2.75, 3.05) is 17.2 Å². The van der Waals surface area contributed by atoms with Crippen molar-refractivity contribution in [1.82, 2.24) is 9.97 Å². The molecule has 0 aromatic carbocycles. The number of nitrogens with zero attached hydrogens (tertiary/aromatic N) is 2. The lowest BCUT2D eigenvalue weighted by molar-refractivity contribution is -0.137. The first kappa shape index (κ1) is 19.4. The van der Waals surface area contributed by atoms with Crippen LogP contribution in [0.25, 0.3) is 0 Å². The molecule has 0 bridgehead atoms. The third-order valence-corrected chi connectivity index (χ3v) is 4.43. The quantitative estimate of drug-likeness (QED) is 0.662. The Balaban J connectivity index is 2.01. The summed E-state index contributed by atoms with van der Waals surface area (Å²) in [4.78, 5) is 19.6. The molecule has 2 heterocycles. The highest BCUT2D eigenvalue weighted by Crippen LogP contribution is 2.24. The monoisotopic (exact) mass is 350 g/mol. The molecule has 1 aliphatic heterocycles. The Hall–Kier alpha value is -1.89. The number of hydrogen-bond acceptors (Lipinski definition) is 6. The minimum Gasteiger partial charge on any atom is -0.481 e. The van der Waals surface area contributed by atoms with Gasteiger partial charge < -0.3 is 20.5 Å². The topological polar surface area (TPSA) is 96.4 Å². The lowest BCUT2D eigenvalue weighted by Crippen LogP contribution is -2.43. The zero-order chi connectivity index (χ0) is 18.4. The molecule has 0 saturated carbocycles. The van der Waals surface area contributed by atoms with E-state index >= 15 is 0 Å². The Kier molecular flexibility index (Phi) is 6.58. The van der Waals surface area contributed by atoms with Gasteiger partial charge in [-0.05, 0) is 45.1 Å². The van der Waals surface area contributed by atoms with E-state index in [0.29, 0.717) is 18.3 Å². The summed E-state index contributed by atoms with van der Waals surface area (Å²) in [5, 5.41) is 15.6. The van der Waals surface area contributed by atoms with Crippen LogP contribution in [0.2, 0.25) is 0 Å². The molecule has 1 aromatic heterocycles. The van der Waals surface area contributed by atoms with Gasteiger partial charge in [-0.15, -0.1) is 0 Å². The first-order valence-electron chi connectivity index (χ1n) is 8.98. The highest BCUT2D eigenvalue weighted by Gasteiger charge is 2.29. The average Bonchev–Trinajstić information content (AvgIpc) is 2.53. The van der Waals surface area contributed by atoms with Crippen molar-refractivity contribution < 1.29 is 14.6 Å². The molecule has 7 nitrogen and oxygen atoms in total. The molecule has 0 aliphatic carbocycles. The fourth-order valence-electron chi connectivity index (χ4n) is 3.09. The van der Waals surface area contributed by atoms with Crippen LogP contribution < -0.4 is 10.6 Å². The van der Waals surface area contributed by atoms with Crippen LogP contribution in [-0.4, -0.2) is 45.3 Å². The molecule has 2 atom stereocenters. The number of ether oxygens (including phenoxy) is 1. The van der Waals surface area contributed by atoms with Crippen molar-refractivity contribution in [3.05, 3.63) is 12.3 Å². The van der Waals surface area contributed by atoms with Gasteiger partial charge in [0, 0.05) is 24.8 Å². The van der Waals surface area contributed by atoms with Gasteiger partial charge in [0.1, 0.15) is 5.82 Å². The molecule has 1 fully saturated rings. The maximum atomic E-state index is 10.8. The largest absolute Gasteiger partial charge is 0.481 e. The molecule has 2 rings (SSSR count). The summed E-state index contributed by atoms with van der Waals surface area (Å²) in [5.74, 6) is 0.890. The van der Waals surface area contributed by atoms with E-state index in [-0.39, 0.29) is 18.6 Å². The third-order valence-electron chi connectivity index (χ3n) is 4.43. The van der Waals surface area contributed by atoms with Gasteiger partial charge in [-0.25, -0.2) is 4.98 Å². The Morgan fingerprint density at radius 2 is 2.24 bits per heavy atom. The summed E-state index contributed by atoms with van der Waals surface area (Å²) in [6.45, 7) is 9.05. The van der Waals surface area contributed by atoms with Gasteiger partial charge in [-0.3, -0.25) is 4.79 Å². The van der Waals surface area contributed by atoms with Gasteiger partial charge in [0.2, 0.25) is 5.95 Å². The second kappa shape index (κ2) is 8.47. The van der Waals surface area contributed by atoms with Gasteiger partial charge >= 0.3 is 5.97 Å². The molecule has 2 unspecified atom stereocenters. The Morgan fingerprint density at radius 1 is 1.48 bits per heavy atom. The number of nitrogens with one attached hydrogen (secondary N) is 2. The number of aliphatic carboxylic acids is 1. The number of carboxylic acid groups (broad SMARTS) is 1. The molecule has 140 valence electrons. The van der Waals surface area contributed by atoms with Crippen LogP contribution in [0, 0.1) is 5.92 Å². The van der Waals surface area contributed by atoms with Gasteiger partial charge in [-0.1, -0.05) is 13.8 Å². The molecular formula is C18H30N4O3. The molecule has 3 N–H and O–H groups in total. The number of rotatable bonds is 8. The Morgan fingerprint density at radius 3 is 2.92 bits per heavy atom. The molecule has 1 aromatic rings. The second-order valence-electron chi connectivity index (χ2n) is 7.64. The van der Waals surface area contributed by atoms with Crippen LogP contribution >= 0.6 is 0 Å². The summed E-state index contributed by atoms with van der Waals surface area (Å²) >= 11 is 0. The number of aromatic nitrogens is 2. The lowest BCUT2D eigenvalue weighted by atomic mass is 9.94. The number of anilines is 2. The van der Waals surface area contributed by atoms with Gasteiger partial charge in [0.05, 0.1) is 12.1 Å². The van der Waals surface area contributed by atoms with Crippen LogP contribution in [0.4, 0.5) is 11.8 Å². The van der Waals surface area contributed by atoms with Crippen LogP contribution in [0.3, 0.4) is 0 Å². The lowest BCUT2D eigenvalue weighted by Gasteiger charge is -2.35. The highest BCUT2D eigenvalue weighted by atomic mass is 16.5. The van der Waals surface area contributed by atoms with Gasteiger partial charge in [0.15, 0.2) is 0 Å². The van der Waals surface area contributed by atoms with Crippen LogP contribution in [-0.2, 0) is 9.53 Å².